The molecule has 0 N–H and O–H groups in total. The van der Waals surface area contributed by atoms with E-state index in [2.05, 4.69) is 46.2 Å². The summed E-state index contributed by atoms with van der Waals surface area (Å²) in [7, 11) is 4.99. The summed E-state index contributed by atoms with van der Waals surface area (Å²) in [6.07, 6.45) is 3.70. The molecule has 2 aliphatic heterocycles. The molecule has 1 unspecified atom stereocenters. The van der Waals surface area contributed by atoms with Gasteiger partial charge in [0.1, 0.15) is 0 Å². The van der Waals surface area contributed by atoms with Crippen LogP contribution in [0.3, 0.4) is 0 Å². The number of nitrogens with zero attached hydrogens (tertiary/aromatic N) is 2. The number of likely N-dealkylation sites (tertiary alicyclic amines) is 1. The molecule has 0 aliphatic carbocycles. The van der Waals surface area contributed by atoms with E-state index in [0.29, 0.717) is 11.8 Å². The molecule has 156 valence electrons. The van der Waals surface area contributed by atoms with Gasteiger partial charge in [-0.05, 0) is 54.6 Å². The van der Waals surface area contributed by atoms with Gasteiger partial charge in [0.2, 0.25) is 5.75 Å². The molecular weight excluding hydrogens is 364 g/mol. The second-order valence-corrected chi connectivity index (χ2v) is 8.05. The molecule has 0 spiro atoms. The topological polar surface area (TPSA) is 34.2 Å². The Morgan fingerprint density at radius 2 is 1.66 bits per heavy atom. The van der Waals surface area contributed by atoms with Gasteiger partial charge in [0.15, 0.2) is 11.5 Å². The fourth-order valence-corrected chi connectivity index (χ4v) is 4.79. The van der Waals surface area contributed by atoms with Crippen molar-refractivity contribution in [3.63, 3.8) is 0 Å². The van der Waals surface area contributed by atoms with Crippen molar-refractivity contribution in [2.75, 3.05) is 41.0 Å². The highest BCUT2D eigenvalue weighted by atomic mass is 16.5. The Hall–Kier alpha value is -2.24. The molecule has 0 aromatic heterocycles. The summed E-state index contributed by atoms with van der Waals surface area (Å²) < 4.78 is 16.5. The van der Waals surface area contributed by atoms with E-state index in [0.717, 1.165) is 37.7 Å². The molecule has 2 aromatic rings. The Bertz CT molecular complexity index is 814. The highest BCUT2D eigenvalue weighted by Gasteiger charge is 2.28. The van der Waals surface area contributed by atoms with Gasteiger partial charge in [0, 0.05) is 32.2 Å². The smallest absolute Gasteiger partial charge is 0.203 e. The molecule has 2 aliphatic rings. The van der Waals surface area contributed by atoms with E-state index in [1.54, 1.807) is 21.3 Å². The predicted molar refractivity (Wildman–Crippen MR) is 115 cm³/mol. The maximum absolute atomic E-state index is 5.53. The Balaban J connectivity index is 1.44. The Morgan fingerprint density at radius 3 is 2.34 bits per heavy atom. The SMILES string of the molecule is COc1cc(CN2CCCC(N3CCc4ccccc4C3)C2)cc(OC)c1OC. The average Bonchev–Trinajstić information content (AvgIpc) is 2.78. The third-order valence-corrected chi connectivity index (χ3v) is 6.29. The first-order valence-corrected chi connectivity index (χ1v) is 10.5. The fraction of sp³-hybridized carbons (Fsp3) is 0.500. The van der Waals surface area contributed by atoms with Gasteiger partial charge in [-0.25, -0.2) is 0 Å². The maximum atomic E-state index is 5.53. The molecule has 4 rings (SSSR count). The number of hydrogen-bond donors (Lipinski definition) is 0. The lowest BCUT2D eigenvalue weighted by atomic mass is 9.96. The second-order valence-electron chi connectivity index (χ2n) is 8.05. The van der Waals surface area contributed by atoms with Crippen molar-refractivity contribution >= 4 is 0 Å². The van der Waals surface area contributed by atoms with E-state index in [1.165, 1.54) is 42.5 Å². The molecule has 29 heavy (non-hydrogen) atoms. The van der Waals surface area contributed by atoms with E-state index in [9.17, 15) is 0 Å². The van der Waals surface area contributed by atoms with Gasteiger partial charge in [0.05, 0.1) is 21.3 Å². The molecule has 1 saturated heterocycles. The minimum atomic E-state index is 0.624. The van der Waals surface area contributed by atoms with Crippen LogP contribution in [0.2, 0.25) is 0 Å². The van der Waals surface area contributed by atoms with Crippen LogP contribution in [0.5, 0.6) is 17.2 Å². The lowest BCUT2D eigenvalue weighted by Gasteiger charge is -2.41. The second kappa shape index (κ2) is 9.06. The van der Waals surface area contributed by atoms with Crippen molar-refractivity contribution in [2.45, 2.75) is 38.4 Å². The number of hydrogen-bond acceptors (Lipinski definition) is 5. The molecule has 0 amide bonds. The Morgan fingerprint density at radius 1 is 0.931 bits per heavy atom. The zero-order chi connectivity index (χ0) is 20.2. The highest BCUT2D eigenvalue weighted by Crippen LogP contribution is 2.38. The number of methoxy groups -OCH3 is 3. The summed E-state index contributed by atoms with van der Waals surface area (Å²) in [5.41, 5.74) is 4.22. The van der Waals surface area contributed by atoms with Crippen molar-refractivity contribution in [3.05, 3.63) is 53.1 Å². The molecule has 2 aromatic carbocycles. The summed E-state index contributed by atoms with van der Waals surface area (Å²) in [6.45, 7) is 5.40. The van der Waals surface area contributed by atoms with Crippen LogP contribution in [0.4, 0.5) is 0 Å². The number of rotatable bonds is 6. The van der Waals surface area contributed by atoms with E-state index < -0.39 is 0 Å². The quantitative estimate of drug-likeness (QED) is 0.743. The standard InChI is InChI=1S/C24H32N2O3/c1-27-22-13-18(14-23(28-2)24(22)29-3)15-25-11-6-9-21(17-25)26-12-10-19-7-4-5-8-20(19)16-26/h4-5,7-8,13-14,21H,6,9-12,15-17H2,1-3H3. The summed E-state index contributed by atoms with van der Waals surface area (Å²) in [6, 6.07) is 13.7. The monoisotopic (exact) mass is 396 g/mol. The van der Waals surface area contributed by atoms with Crippen LogP contribution in [-0.4, -0.2) is 56.8 Å². The van der Waals surface area contributed by atoms with Crippen LogP contribution in [0.1, 0.15) is 29.5 Å². The average molecular weight is 397 g/mol. The number of fused-ring (bicyclic) bond motifs is 1. The lowest BCUT2D eigenvalue weighted by Crippen LogP contribution is -2.49. The van der Waals surface area contributed by atoms with Crippen LogP contribution in [0.15, 0.2) is 36.4 Å². The molecule has 0 bridgehead atoms. The molecular formula is C24H32N2O3. The minimum Gasteiger partial charge on any atom is -0.493 e. The van der Waals surface area contributed by atoms with Gasteiger partial charge in [-0.15, -0.1) is 0 Å². The van der Waals surface area contributed by atoms with Crippen molar-refractivity contribution in [2.24, 2.45) is 0 Å². The number of piperidine rings is 1. The summed E-state index contributed by atoms with van der Waals surface area (Å²) >= 11 is 0. The third-order valence-electron chi connectivity index (χ3n) is 6.29. The molecule has 5 nitrogen and oxygen atoms in total. The van der Waals surface area contributed by atoms with Crippen molar-refractivity contribution < 1.29 is 14.2 Å². The molecule has 1 atom stereocenters. The van der Waals surface area contributed by atoms with Crippen LogP contribution in [-0.2, 0) is 19.5 Å². The van der Waals surface area contributed by atoms with Gasteiger partial charge in [-0.1, -0.05) is 24.3 Å². The van der Waals surface area contributed by atoms with Crippen LogP contribution in [0.25, 0.3) is 0 Å². The predicted octanol–water partition coefficient (Wildman–Crippen LogP) is 3.74. The molecule has 0 saturated carbocycles. The van der Waals surface area contributed by atoms with Crippen LogP contribution in [0, 0.1) is 0 Å². The van der Waals surface area contributed by atoms with Crippen LogP contribution < -0.4 is 14.2 Å². The first kappa shape index (κ1) is 20.0. The third kappa shape index (κ3) is 4.36. The minimum absolute atomic E-state index is 0.624. The van der Waals surface area contributed by atoms with E-state index in [4.69, 9.17) is 14.2 Å². The van der Waals surface area contributed by atoms with E-state index >= 15 is 0 Å². The van der Waals surface area contributed by atoms with Gasteiger partial charge < -0.3 is 14.2 Å². The van der Waals surface area contributed by atoms with E-state index in [1.807, 2.05) is 0 Å². The molecule has 0 radical (unpaired) electrons. The Labute approximate surface area is 174 Å². The van der Waals surface area contributed by atoms with Crippen molar-refractivity contribution in [1.29, 1.82) is 0 Å². The number of benzene rings is 2. The van der Waals surface area contributed by atoms with Gasteiger partial charge in [-0.2, -0.15) is 0 Å². The maximum Gasteiger partial charge on any atom is 0.203 e. The fourth-order valence-electron chi connectivity index (χ4n) is 4.79. The first-order valence-electron chi connectivity index (χ1n) is 10.5. The summed E-state index contributed by atoms with van der Waals surface area (Å²) in [5.74, 6) is 2.10. The lowest BCUT2D eigenvalue weighted by molar-refractivity contribution is 0.0838. The molecule has 5 heteroatoms. The molecule has 2 heterocycles. The van der Waals surface area contributed by atoms with Gasteiger partial charge in [-0.3, -0.25) is 9.80 Å². The zero-order valence-corrected chi connectivity index (χ0v) is 17.8. The van der Waals surface area contributed by atoms with Gasteiger partial charge in [0.25, 0.3) is 0 Å². The zero-order valence-electron chi connectivity index (χ0n) is 17.8. The van der Waals surface area contributed by atoms with Gasteiger partial charge >= 0.3 is 0 Å². The number of ether oxygens (including phenoxy) is 3. The first-order chi connectivity index (χ1) is 14.2. The van der Waals surface area contributed by atoms with Crippen molar-refractivity contribution in [1.82, 2.24) is 9.80 Å². The van der Waals surface area contributed by atoms with Crippen molar-refractivity contribution in [3.8, 4) is 17.2 Å². The van der Waals surface area contributed by atoms with Crippen LogP contribution >= 0.6 is 0 Å². The normalized spacial score (nSPS) is 20.2. The summed E-state index contributed by atoms with van der Waals surface area (Å²) in [5, 5.41) is 0. The van der Waals surface area contributed by atoms with E-state index in [-0.39, 0.29) is 0 Å². The molecule has 1 fully saturated rings. The summed E-state index contributed by atoms with van der Waals surface area (Å²) in [4.78, 5) is 5.25. The largest absolute Gasteiger partial charge is 0.493 e. The highest BCUT2D eigenvalue weighted by molar-refractivity contribution is 5.53. The Kier molecular flexibility index (Phi) is 6.26.